The zero-order valence-corrected chi connectivity index (χ0v) is 20.5. The van der Waals surface area contributed by atoms with Gasteiger partial charge in [-0.15, -0.1) is 0 Å². The summed E-state index contributed by atoms with van der Waals surface area (Å²) in [6.07, 6.45) is 7.09. The number of benzene rings is 2. The lowest BCUT2D eigenvalue weighted by atomic mass is 9.89. The number of hydrogen-bond donors (Lipinski definition) is 2. The highest BCUT2D eigenvalue weighted by molar-refractivity contribution is 6.30. The van der Waals surface area contributed by atoms with Crippen molar-refractivity contribution in [1.29, 1.82) is 0 Å². The first kappa shape index (κ1) is 24.6. The molecule has 2 aromatic rings. The van der Waals surface area contributed by atoms with Crippen molar-refractivity contribution in [3.63, 3.8) is 0 Å². The van der Waals surface area contributed by atoms with Gasteiger partial charge in [0.25, 0.3) is 5.91 Å². The molecule has 6 nitrogen and oxygen atoms in total. The number of urea groups is 1. The van der Waals surface area contributed by atoms with Gasteiger partial charge in [0.2, 0.25) is 0 Å². The van der Waals surface area contributed by atoms with Crippen molar-refractivity contribution in [2.45, 2.75) is 44.4 Å². The SMILES string of the molecule is O=C(NCCN1CCCCCC1)c1cccc(C2CCCN(C(=O)Nc3ccc(Cl)cc3)C2)c1. The zero-order valence-electron chi connectivity index (χ0n) is 19.8. The molecule has 0 radical (unpaired) electrons. The fraction of sp³-hybridized carbons (Fsp3) is 0.481. The topological polar surface area (TPSA) is 64.7 Å². The number of halogens is 1. The molecule has 2 aromatic carbocycles. The van der Waals surface area contributed by atoms with E-state index in [1.165, 1.54) is 25.7 Å². The number of rotatable bonds is 6. The maximum atomic E-state index is 12.8. The van der Waals surface area contributed by atoms with Gasteiger partial charge in [-0.1, -0.05) is 36.6 Å². The van der Waals surface area contributed by atoms with Crippen LogP contribution in [0.2, 0.25) is 5.02 Å². The van der Waals surface area contributed by atoms with Gasteiger partial charge in [0.15, 0.2) is 0 Å². The number of nitrogens with zero attached hydrogens (tertiary/aromatic N) is 2. The maximum absolute atomic E-state index is 12.8. The van der Waals surface area contributed by atoms with Crippen LogP contribution in [0, 0.1) is 0 Å². The van der Waals surface area contributed by atoms with Crippen LogP contribution in [0.5, 0.6) is 0 Å². The molecule has 2 saturated heterocycles. The molecule has 34 heavy (non-hydrogen) atoms. The molecule has 0 saturated carbocycles. The van der Waals surface area contributed by atoms with E-state index in [9.17, 15) is 9.59 Å². The molecule has 0 aromatic heterocycles. The molecule has 7 heteroatoms. The summed E-state index contributed by atoms with van der Waals surface area (Å²) in [6, 6.07) is 14.9. The van der Waals surface area contributed by atoms with Crippen molar-refractivity contribution in [3.8, 4) is 0 Å². The van der Waals surface area contributed by atoms with E-state index in [1.807, 2.05) is 23.1 Å². The standard InChI is InChI=1S/C27H35ClN4O2/c28-24-10-12-25(13-11-24)30-27(34)32-17-6-9-23(20-32)21-7-5-8-22(19-21)26(33)29-14-18-31-15-3-1-2-4-16-31/h5,7-8,10-13,19,23H,1-4,6,9,14-18,20H2,(H,29,33)(H,30,34). The van der Waals surface area contributed by atoms with E-state index in [1.54, 1.807) is 24.3 Å². The van der Waals surface area contributed by atoms with Crippen molar-refractivity contribution in [2.75, 3.05) is 44.6 Å². The molecular weight excluding hydrogens is 448 g/mol. The predicted octanol–water partition coefficient (Wildman–Crippen LogP) is 5.36. The van der Waals surface area contributed by atoms with Crippen LogP contribution in [0.4, 0.5) is 10.5 Å². The van der Waals surface area contributed by atoms with Gasteiger partial charge in [-0.3, -0.25) is 4.79 Å². The highest BCUT2D eigenvalue weighted by Crippen LogP contribution is 2.28. The minimum absolute atomic E-state index is 0.0233. The molecule has 2 N–H and O–H groups in total. The second-order valence-electron chi connectivity index (χ2n) is 9.36. The molecule has 2 aliphatic heterocycles. The van der Waals surface area contributed by atoms with Gasteiger partial charge in [0.1, 0.15) is 0 Å². The first-order valence-corrected chi connectivity index (χ1v) is 12.9. The lowest BCUT2D eigenvalue weighted by molar-refractivity contribution is 0.0948. The summed E-state index contributed by atoms with van der Waals surface area (Å²) in [6.45, 7) is 5.22. The molecule has 2 aliphatic rings. The first-order valence-electron chi connectivity index (χ1n) is 12.5. The van der Waals surface area contributed by atoms with Gasteiger partial charge in [-0.2, -0.15) is 0 Å². The van der Waals surface area contributed by atoms with Crippen molar-refractivity contribution >= 4 is 29.2 Å². The third-order valence-corrected chi connectivity index (χ3v) is 7.09. The number of anilines is 1. The zero-order chi connectivity index (χ0) is 23.8. The minimum Gasteiger partial charge on any atom is -0.351 e. The van der Waals surface area contributed by atoms with Crippen LogP contribution in [0.25, 0.3) is 0 Å². The van der Waals surface area contributed by atoms with Crippen molar-refractivity contribution in [1.82, 2.24) is 15.1 Å². The average Bonchev–Trinajstić information content (AvgIpc) is 3.14. The predicted molar refractivity (Wildman–Crippen MR) is 138 cm³/mol. The van der Waals surface area contributed by atoms with Gasteiger partial charge in [-0.05, 0) is 80.7 Å². The highest BCUT2D eigenvalue weighted by Gasteiger charge is 2.25. The maximum Gasteiger partial charge on any atom is 0.321 e. The van der Waals surface area contributed by atoms with Gasteiger partial charge in [-0.25, -0.2) is 4.79 Å². The van der Waals surface area contributed by atoms with E-state index in [2.05, 4.69) is 21.6 Å². The summed E-state index contributed by atoms with van der Waals surface area (Å²) in [7, 11) is 0. The van der Waals surface area contributed by atoms with Gasteiger partial charge < -0.3 is 20.4 Å². The number of piperidine rings is 1. The van der Waals surface area contributed by atoms with E-state index in [0.717, 1.165) is 50.3 Å². The number of amides is 3. The van der Waals surface area contributed by atoms with Crippen LogP contribution in [0.1, 0.15) is 60.4 Å². The second-order valence-corrected chi connectivity index (χ2v) is 9.80. The quantitative estimate of drug-likeness (QED) is 0.582. The number of nitrogens with one attached hydrogen (secondary N) is 2. The molecule has 1 unspecified atom stereocenters. The Morgan fingerprint density at radius 1 is 0.941 bits per heavy atom. The summed E-state index contributed by atoms with van der Waals surface area (Å²) in [5.41, 5.74) is 2.54. The summed E-state index contributed by atoms with van der Waals surface area (Å²) in [4.78, 5) is 29.9. The molecule has 0 aliphatic carbocycles. The molecule has 4 rings (SSSR count). The Morgan fingerprint density at radius 3 is 2.47 bits per heavy atom. The van der Waals surface area contributed by atoms with E-state index in [-0.39, 0.29) is 17.9 Å². The molecule has 0 spiro atoms. The summed E-state index contributed by atoms with van der Waals surface area (Å²) < 4.78 is 0. The van der Waals surface area contributed by atoms with Crippen LogP contribution in [-0.2, 0) is 0 Å². The largest absolute Gasteiger partial charge is 0.351 e. The number of carbonyl (C=O) groups excluding carboxylic acids is 2. The Balaban J connectivity index is 1.30. The third-order valence-electron chi connectivity index (χ3n) is 6.84. The van der Waals surface area contributed by atoms with E-state index < -0.39 is 0 Å². The van der Waals surface area contributed by atoms with Crippen molar-refractivity contribution in [3.05, 3.63) is 64.7 Å². The van der Waals surface area contributed by atoms with Gasteiger partial charge in [0.05, 0.1) is 0 Å². The highest BCUT2D eigenvalue weighted by atomic mass is 35.5. The Bertz CT molecular complexity index is 957. The third kappa shape index (κ3) is 6.97. The van der Waals surface area contributed by atoms with Gasteiger partial charge in [0, 0.05) is 48.4 Å². The van der Waals surface area contributed by atoms with Crippen LogP contribution in [-0.4, -0.2) is 61.0 Å². The van der Waals surface area contributed by atoms with Crippen molar-refractivity contribution in [2.24, 2.45) is 0 Å². The smallest absolute Gasteiger partial charge is 0.321 e. The van der Waals surface area contributed by atoms with E-state index in [0.29, 0.717) is 23.7 Å². The summed E-state index contributed by atoms with van der Waals surface area (Å²) in [5.74, 6) is 0.194. The number of carbonyl (C=O) groups is 2. The van der Waals surface area contributed by atoms with Crippen molar-refractivity contribution < 1.29 is 9.59 Å². The molecular formula is C27H35ClN4O2. The summed E-state index contributed by atoms with van der Waals surface area (Å²) >= 11 is 5.93. The molecule has 3 amide bonds. The van der Waals surface area contributed by atoms with Crippen LogP contribution >= 0.6 is 11.6 Å². The fourth-order valence-corrected chi connectivity index (χ4v) is 5.02. The Hall–Kier alpha value is -2.57. The molecule has 1 atom stereocenters. The Kier molecular flexibility index (Phi) is 8.83. The number of likely N-dealkylation sites (tertiary alicyclic amines) is 2. The normalized spacial score (nSPS) is 19.3. The molecule has 2 fully saturated rings. The van der Waals surface area contributed by atoms with Crippen LogP contribution in [0.3, 0.4) is 0 Å². The lowest BCUT2D eigenvalue weighted by Gasteiger charge is -2.33. The molecule has 2 heterocycles. The minimum atomic E-state index is -0.102. The van der Waals surface area contributed by atoms with Crippen LogP contribution < -0.4 is 10.6 Å². The summed E-state index contributed by atoms with van der Waals surface area (Å²) in [5, 5.41) is 6.69. The fourth-order valence-electron chi connectivity index (χ4n) is 4.89. The molecule has 0 bridgehead atoms. The first-order chi connectivity index (χ1) is 16.6. The molecule has 182 valence electrons. The number of hydrogen-bond acceptors (Lipinski definition) is 3. The second kappa shape index (κ2) is 12.2. The van der Waals surface area contributed by atoms with Crippen LogP contribution in [0.15, 0.2) is 48.5 Å². The Labute approximate surface area is 207 Å². The Morgan fingerprint density at radius 2 is 1.71 bits per heavy atom. The average molecular weight is 483 g/mol. The van der Waals surface area contributed by atoms with E-state index >= 15 is 0 Å². The lowest BCUT2D eigenvalue weighted by Crippen LogP contribution is -2.41. The van der Waals surface area contributed by atoms with Gasteiger partial charge >= 0.3 is 6.03 Å². The monoisotopic (exact) mass is 482 g/mol. The van der Waals surface area contributed by atoms with E-state index in [4.69, 9.17) is 11.6 Å².